The van der Waals surface area contributed by atoms with E-state index in [9.17, 15) is 14.7 Å². The van der Waals surface area contributed by atoms with Gasteiger partial charge in [0.2, 0.25) is 5.91 Å². The molecule has 4 nitrogen and oxygen atoms in total. The summed E-state index contributed by atoms with van der Waals surface area (Å²) in [5, 5.41) is 9.53. The molecular weight excluding hydrogens is 350 g/mol. The molecule has 0 aromatic heterocycles. The van der Waals surface area contributed by atoms with Gasteiger partial charge in [0.15, 0.2) is 0 Å². The third-order valence-corrected chi connectivity index (χ3v) is 5.48. The standard InChI is InChI=1S/C24H21NO3/c26-22-21(23(27)28)16-17-25(22)24(18-10-4-1-5-11-18,19-12-6-2-7-13-19)20-14-8-3-9-15-20/h1-15,21H,16-17H2,(H,27,28)/t21-/m1/s1. The molecule has 0 aliphatic carbocycles. The van der Waals surface area contributed by atoms with Gasteiger partial charge < -0.3 is 10.0 Å². The van der Waals surface area contributed by atoms with E-state index >= 15 is 0 Å². The molecular formula is C24H21NO3. The Morgan fingerprint density at radius 2 is 1.18 bits per heavy atom. The number of rotatable bonds is 5. The van der Waals surface area contributed by atoms with Crippen LogP contribution in [0.1, 0.15) is 23.1 Å². The predicted molar refractivity (Wildman–Crippen MR) is 107 cm³/mol. The fourth-order valence-electron chi connectivity index (χ4n) is 4.25. The number of aliphatic carboxylic acids is 1. The van der Waals surface area contributed by atoms with Crippen molar-refractivity contribution in [1.29, 1.82) is 0 Å². The van der Waals surface area contributed by atoms with E-state index in [1.807, 2.05) is 91.0 Å². The summed E-state index contributed by atoms with van der Waals surface area (Å²) in [7, 11) is 0. The minimum absolute atomic E-state index is 0.308. The molecule has 0 saturated carbocycles. The second-order valence-corrected chi connectivity index (χ2v) is 6.98. The predicted octanol–water partition coefficient (Wildman–Crippen LogP) is 3.91. The van der Waals surface area contributed by atoms with Gasteiger partial charge in [-0.2, -0.15) is 0 Å². The lowest BCUT2D eigenvalue weighted by Gasteiger charge is -2.43. The summed E-state index contributed by atoms with van der Waals surface area (Å²) in [6.45, 7) is 0.383. The molecule has 1 N–H and O–H groups in total. The number of carbonyl (C=O) groups excluding carboxylic acids is 1. The largest absolute Gasteiger partial charge is 0.481 e. The molecule has 3 aromatic carbocycles. The molecule has 0 bridgehead atoms. The summed E-state index contributed by atoms with van der Waals surface area (Å²) >= 11 is 0. The van der Waals surface area contributed by atoms with Crippen LogP contribution in [0.5, 0.6) is 0 Å². The first-order valence-electron chi connectivity index (χ1n) is 9.36. The Balaban J connectivity index is 2.03. The topological polar surface area (TPSA) is 57.6 Å². The van der Waals surface area contributed by atoms with Gasteiger partial charge in [0.1, 0.15) is 11.5 Å². The van der Waals surface area contributed by atoms with Gasteiger partial charge in [-0.25, -0.2) is 0 Å². The quantitative estimate of drug-likeness (QED) is 0.546. The van der Waals surface area contributed by atoms with E-state index in [2.05, 4.69) is 0 Å². The average molecular weight is 371 g/mol. The van der Waals surface area contributed by atoms with Crippen LogP contribution in [-0.2, 0) is 15.1 Å². The number of carboxylic acid groups (broad SMARTS) is 1. The molecule has 4 heteroatoms. The Bertz CT molecular complexity index is 874. The minimum Gasteiger partial charge on any atom is -0.481 e. The third kappa shape index (κ3) is 2.78. The van der Waals surface area contributed by atoms with E-state index in [4.69, 9.17) is 0 Å². The number of carbonyl (C=O) groups is 2. The molecule has 28 heavy (non-hydrogen) atoms. The van der Waals surface area contributed by atoms with Crippen LogP contribution < -0.4 is 0 Å². The third-order valence-electron chi connectivity index (χ3n) is 5.48. The van der Waals surface area contributed by atoms with Crippen molar-refractivity contribution in [3.63, 3.8) is 0 Å². The second-order valence-electron chi connectivity index (χ2n) is 6.98. The highest BCUT2D eigenvalue weighted by molar-refractivity contribution is 5.99. The highest BCUT2D eigenvalue weighted by Crippen LogP contribution is 2.45. The number of amides is 1. The van der Waals surface area contributed by atoms with Crippen molar-refractivity contribution in [3.05, 3.63) is 108 Å². The molecule has 1 atom stereocenters. The average Bonchev–Trinajstić information content (AvgIpc) is 3.13. The fourth-order valence-corrected chi connectivity index (χ4v) is 4.25. The molecule has 1 aliphatic heterocycles. The van der Waals surface area contributed by atoms with Gasteiger partial charge in [-0.05, 0) is 23.1 Å². The zero-order chi connectivity index (χ0) is 19.6. The van der Waals surface area contributed by atoms with E-state index in [0.717, 1.165) is 16.7 Å². The Morgan fingerprint density at radius 1 is 0.786 bits per heavy atom. The van der Waals surface area contributed by atoms with Crippen LogP contribution in [0.4, 0.5) is 0 Å². The summed E-state index contributed by atoms with van der Waals surface area (Å²) in [6.07, 6.45) is 0.308. The molecule has 1 amide bonds. The molecule has 1 aliphatic rings. The van der Waals surface area contributed by atoms with Crippen molar-refractivity contribution in [2.75, 3.05) is 6.54 Å². The van der Waals surface area contributed by atoms with Crippen LogP contribution >= 0.6 is 0 Å². The first-order chi connectivity index (χ1) is 13.7. The van der Waals surface area contributed by atoms with Crippen molar-refractivity contribution in [3.8, 4) is 0 Å². The maximum Gasteiger partial charge on any atom is 0.316 e. The summed E-state index contributed by atoms with van der Waals surface area (Å²) < 4.78 is 0. The van der Waals surface area contributed by atoms with Gasteiger partial charge in [-0.3, -0.25) is 9.59 Å². The van der Waals surface area contributed by atoms with Gasteiger partial charge >= 0.3 is 5.97 Å². The molecule has 0 spiro atoms. The number of likely N-dealkylation sites (tertiary alicyclic amines) is 1. The van der Waals surface area contributed by atoms with Crippen LogP contribution in [0.15, 0.2) is 91.0 Å². The van der Waals surface area contributed by atoms with Gasteiger partial charge in [-0.1, -0.05) is 91.0 Å². The highest BCUT2D eigenvalue weighted by Gasteiger charge is 2.50. The van der Waals surface area contributed by atoms with E-state index < -0.39 is 17.4 Å². The molecule has 1 fully saturated rings. The number of benzene rings is 3. The second kappa shape index (κ2) is 7.31. The summed E-state index contributed by atoms with van der Waals surface area (Å²) in [5.41, 5.74) is 1.93. The lowest BCUT2D eigenvalue weighted by Crippen LogP contribution is -2.50. The first kappa shape index (κ1) is 18.0. The monoisotopic (exact) mass is 371 g/mol. The molecule has 3 aromatic rings. The van der Waals surface area contributed by atoms with E-state index in [-0.39, 0.29) is 5.91 Å². The van der Waals surface area contributed by atoms with E-state index in [1.165, 1.54) is 0 Å². The van der Waals surface area contributed by atoms with Crippen molar-refractivity contribution < 1.29 is 14.7 Å². The number of hydrogen-bond acceptors (Lipinski definition) is 2. The molecule has 1 saturated heterocycles. The number of carboxylic acids is 1. The summed E-state index contributed by atoms with van der Waals surface area (Å²) in [6, 6.07) is 29.5. The number of hydrogen-bond donors (Lipinski definition) is 1. The molecule has 4 rings (SSSR count). The normalized spacial score (nSPS) is 16.9. The van der Waals surface area contributed by atoms with Crippen molar-refractivity contribution >= 4 is 11.9 Å². The summed E-state index contributed by atoms with van der Waals surface area (Å²) in [4.78, 5) is 26.6. The van der Waals surface area contributed by atoms with Gasteiger partial charge in [0.05, 0.1) is 0 Å². The van der Waals surface area contributed by atoms with Crippen molar-refractivity contribution in [2.24, 2.45) is 5.92 Å². The zero-order valence-electron chi connectivity index (χ0n) is 15.4. The van der Waals surface area contributed by atoms with Crippen LogP contribution in [0, 0.1) is 5.92 Å². The van der Waals surface area contributed by atoms with Crippen LogP contribution in [0.25, 0.3) is 0 Å². The van der Waals surface area contributed by atoms with Gasteiger partial charge in [0.25, 0.3) is 0 Å². The first-order valence-corrected chi connectivity index (χ1v) is 9.36. The Labute approximate surface area is 164 Å². The minimum atomic E-state index is -1.06. The fraction of sp³-hybridized carbons (Fsp3) is 0.167. The van der Waals surface area contributed by atoms with Gasteiger partial charge in [0, 0.05) is 6.54 Å². The van der Waals surface area contributed by atoms with E-state index in [0.29, 0.717) is 13.0 Å². The van der Waals surface area contributed by atoms with Crippen LogP contribution in [0.3, 0.4) is 0 Å². The smallest absolute Gasteiger partial charge is 0.316 e. The lowest BCUT2D eigenvalue weighted by atomic mass is 9.75. The Morgan fingerprint density at radius 3 is 1.50 bits per heavy atom. The molecule has 1 heterocycles. The summed E-state index contributed by atoms with van der Waals surface area (Å²) in [5.74, 6) is -2.41. The maximum atomic E-state index is 13.3. The highest BCUT2D eigenvalue weighted by atomic mass is 16.4. The SMILES string of the molecule is O=C(O)[C@@H]1CCN(C(c2ccccc2)(c2ccccc2)c2ccccc2)C1=O. The van der Waals surface area contributed by atoms with Crippen molar-refractivity contribution in [2.45, 2.75) is 12.0 Å². The van der Waals surface area contributed by atoms with Crippen LogP contribution in [0.2, 0.25) is 0 Å². The molecule has 0 radical (unpaired) electrons. The van der Waals surface area contributed by atoms with Crippen LogP contribution in [-0.4, -0.2) is 28.4 Å². The van der Waals surface area contributed by atoms with Crippen molar-refractivity contribution in [1.82, 2.24) is 4.90 Å². The maximum absolute atomic E-state index is 13.3. The zero-order valence-corrected chi connectivity index (χ0v) is 15.4. The Kier molecular flexibility index (Phi) is 4.70. The van der Waals surface area contributed by atoms with E-state index in [1.54, 1.807) is 4.90 Å². The number of nitrogens with zero attached hydrogens (tertiary/aromatic N) is 1. The van der Waals surface area contributed by atoms with Gasteiger partial charge in [-0.15, -0.1) is 0 Å². The molecule has 140 valence electrons. The Hall–Kier alpha value is -3.40. The lowest BCUT2D eigenvalue weighted by molar-refractivity contribution is -0.148. The molecule has 0 unspecified atom stereocenters.